The second kappa shape index (κ2) is 11.2. The Bertz CT molecular complexity index is 1380. The van der Waals surface area contributed by atoms with E-state index < -0.39 is 0 Å². The minimum Gasteiger partial charge on any atom is -0.481 e. The normalized spacial score (nSPS) is 12.9. The first-order chi connectivity index (χ1) is 17.4. The lowest BCUT2D eigenvalue weighted by Gasteiger charge is -2.30. The third kappa shape index (κ3) is 5.29. The van der Waals surface area contributed by atoms with E-state index >= 15 is 0 Å². The van der Waals surface area contributed by atoms with Crippen molar-refractivity contribution in [2.75, 3.05) is 27.9 Å². The Labute approximate surface area is 220 Å². The molecule has 0 radical (unpaired) electrons. The highest BCUT2D eigenvalue weighted by Crippen LogP contribution is 2.47. The van der Waals surface area contributed by atoms with E-state index in [0.29, 0.717) is 30.6 Å². The standard InChI is InChI=1S/C28H31BrN4O3/c1-16-10-22(27(35-4)31-15-16)26(21(8-9-30)18-11-17(2)32-25(14-18)34-3)23-13-19-12-20(29)6-7-24(19)33-28(23)36-5/h6-7,10-15,21,26H,8-9,30H2,1-5H3/t21-,26?/m0/s1. The molecule has 4 rings (SSSR count). The Morgan fingerprint density at radius 2 is 1.64 bits per heavy atom. The quantitative estimate of drug-likeness (QED) is 0.286. The van der Waals surface area contributed by atoms with E-state index in [0.717, 1.165) is 43.3 Å². The number of nitrogens with two attached hydrogens (primary N) is 1. The number of halogens is 1. The van der Waals surface area contributed by atoms with E-state index in [1.807, 2.05) is 38.2 Å². The highest BCUT2D eigenvalue weighted by Gasteiger charge is 2.33. The number of hydrogen-bond donors (Lipinski definition) is 1. The number of ether oxygens (including phenoxy) is 3. The average molecular weight is 551 g/mol. The van der Waals surface area contributed by atoms with E-state index in [-0.39, 0.29) is 11.8 Å². The van der Waals surface area contributed by atoms with Crippen LogP contribution >= 0.6 is 15.9 Å². The minimum absolute atomic E-state index is 0.0524. The van der Waals surface area contributed by atoms with Gasteiger partial charge in [0.15, 0.2) is 0 Å². The summed E-state index contributed by atoms with van der Waals surface area (Å²) in [5.41, 5.74) is 11.9. The van der Waals surface area contributed by atoms with Crippen molar-refractivity contribution in [1.82, 2.24) is 15.0 Å². The molecule has 8 heteroatoms. The van der Waals surface area contributed by atoms with Crippen LogP contribution in [0.3, 0.4) is 0 Å². The van der Waals surface area contributed by atoms with Gasteiger partial charge in [0.05, 0.1) is 26.8 Å². The van der Waals surface area contributed by atoms with Crippen molar-refractivity contribution in [3.05, 3.63) is 81.1 Å². The number of benzene rings is 1. The molecule has 0 amide bonds. The van der Waals surface area contributed by atoms with Crippen molar-refractivity contribution >= 4 is 26.8 Å². The molecule has 0 saturated carbocycles. The molecule has 36 heavy (non-hydrogen) atoms. The summed E-state index contributed by atoms with van der Waals surface area (Å²) < 4.78 is 18.1. The molecule has 0 bridgehead atoms. The second-order valence-corrected chi connectivity index (χ2v) is 9.70. The fourth-order valence-electron chi connectivity index (χ4n) is 4.79. The van der Waals surface area contributed by atoms with Crippen LogP contribution in [0.5, 0.6) is 17.6 Å². The summed E-state index contributed by atoms with van der Waals surface area (Å²) in [7, 11) is 4.92. The molecule has 3 heterocycles. The second-order valence-electron chi connectivity index (χ2n) is 8.78. The molecule has 0 fully saturated rings. The first-order valence-electron chi connectivity index (χ1n) is 11.8. The molecule has 1 unspecified atom stereocenters. The van der Waals surface area contributed by atoms with Crippen molar-refractivity contribution in [1.29, 1.82) is 0 Å². The van der Waals surface area contributed by atoms with E-state index in [1.165, 1.54) is 0 Å². The summed E-state index contributed by atoms with van der Waals surface area (Å²) >= 11 is 3.59. The Hall–Kier alpha value is -3.23. The highest BCUT2D eigenvalue weighted by molar-refractivity contribution is 9.10. The van der Waals surface area contributed by atoms with Crippen molar-refractivity contribution in [3.63, 3.8) is 0 Å². The van der Waals surface area contributed by atoms with Gasteiger partial charge in [0, 0.05) is 44.9 Å². The predicted molar refractivity (Wildman–Crippen MR) is 145 cm³/mol. The molecule has 4 aromatic rings. The van der Waals surface area contributed by atoms with Crippen LogP contribution in [0.2, 0.25) is 0 Å². The van der Waals surface area contributed by atoms with Crippen LogP contribution in [-0.2, 0) is 0 Å². The number of hydrogen-bond acceptors (Lipinski definition) is 7. The van der Waals surface area contributed by atoms with Gasteiger partial charge in [0.25, 0.3) is 0 Å². The predicted octanol–water partition coefficient (Wildman–Crippen LogP) is 5.69. The molecule has 0 aliphatic carbocycles. The van der Waals surface area contributed by atoms with Crippen LogP contribution in [0.4, 0.5) is 0 Å². The van der Waals surface area contributed by atoms with E-state index in [1.54, 1.807) is 21.3 Å². The van der Waals surface area contributed by atoms with Crippen molar-refractivity contribution in [2.24, 2.45) is 5.73 Å². The molecule has 0 aliphatic heterocycles. The third-order valence-electron chi connectivity index (χ3n) is 6.31. The van der Waals surface area contributed by atoms with Crippen molar-refractivity contribution in [3.8, 4) is 17.6 Å². The molecule has 1 aromatic carbocycles. The molecular formula is C28H31BrN4O3. The Balaban J connectivity index is 2.06. The Kier molecular flexibility index (Phi) is 8.06. The molecule has 2 atom stereocenters. The monoisotopic (exact) mass is 550 g/mol. The number of fused-ring (bicyclic) bond motifs is 1. The van der Waals surface area contributed by atoms with Gasteiger partial charge >= 0.3 is 0 Å². The summed E-state index contributed by atoms with van der Waals surface area (Å²) in [6, 6.07) is 14.3. The molecule has 0 aliphatic rings. The van der Waals surface area contributed by atoms with Crippen LogP contribution in [0.15, 0.2) is 53.1 Å². The zero-order valence-electron chi connectivity index (χ0n) is 21.2. The first kappa shape index (κ1) is 25.9. The van der Waals surface area contributed by atoms with Gasteiger partial charge in [-0.2, -0.15) is 0 Å². The van der Waals surface area contributed by atoms with Crippen LogP contribution in [0, 0.1) is 13.8 Å². The maximum atomic E-state index is 6.20. The summed E-state index contributed by atoms with van der Waals surface area (Å²) in [4.78, 5) is 14.0. The lowest BCUT2D eigenvalue weighted by Crippen LogP contribution is -2.19. The highest BCUT2D eigenvalue weighted by atomic mass is 79.9. The molecule has 7 nitrogen and oxygen atoms in total. The summed E-state index contributed by atoms with van der Waals surface area (Å²) in [6.45, 7) is 4.48. The maximum Gasteiger partial charge on any atom is 0.217 e. The summed E-state index contributed by atoms with van der Waals surface area (Å²) in [6.07, 6.45) is 2.51. The topological polar surface area (TPSA) is 92.4 Å². The molecule has 0 saturated heterocycles. The number of nitrogens with zero attached hydrogens (tertiary/aromatic N) is 3. The van der Waals surface area contributed by atoms with Gasteiger partial charge < -0.3 is 19.9 Å². The van der Waals surface area contributed by atoms with Gasteiger partial charge in [-0.05, 0) is 80.3 Å². The van der Waals surface area contributed by atoms with Gasteiger partial charge in [-0.15, -0.1) is 0 Å². The van der Waals surface area contributed by atoms with E-state index in [4.69, 9.17) is 24.9 Å². The lowest BCUT2D eigenvalue weighted by molar-refractivity contribution is 0.375. The fraction of sp³-hybridized carbons (Fsp3) is 0.321. The summed E-state index contributed by atoms with van der Waals surface area (Å²) in [5, 5.41) is 1.000. The maximum absolute atomic E-state index is 6.20. The molecule has 188 valence electrons. The minimum atomic E-state index is -0.215. The van der Waals surface area contributed by atoms with Gasteiger partial charge in [0.2, 0.25) is 17.6 Å². The molecular weight excluding hydrogens is 520 g/mol. The lowest BCUT2D eigenvalue weighted by atomic mass is 9.75. The molecule has 0 spiro atoms. The zero-order chi connectivity index (χ0) is 25.8. The number of pyridine rings is 3. The van der Waals surface area contributed by atoms with Crippen LogP contribution in [-0.4, -0.2) is 42.8 Å². The third-order valence-corrected chi connectivity index (χ3v) is 6.80. The number of methoxy groups -OCH3 is 3. The average Bonchev–Trinajstić information content (AvgIpc) is 2.87. The van der Waals surface area contributed by atoms with Gasteiger partial charge in [-0.25, -0.2) is 15.0 Å². The van der Waals surface area contributed by atoms with Gasteiger partial charge in [-0.3, -0.25) is 0 Å². The van der Waals surface area contributed by atoms with E-state index in [2.05, 4.69) is 50.2 Å². The zero-order valence-corrected chi connectivity index (χ0v) is 22.8. The Morgan fingerprint density at radius 1 is 0.889 bits per heavy atom. The number of rotatable bonds is 9. The van der Waals surface area contributed by atoms with Crippen LogP contribution in [0.25, 0.3) is 10.9 Å². The summed E-state index contributed by atoms with van der Waals surface area (Å²) in [5.74, 6) is 1.41. The van der Waals surface area contributed by atoms with Gasteiger partial charge in [0.1, 0.15) is 0 Å². The van der Waals surface area contributed by atoms with Crippen LogP contribution in [0.1, 0.15) is 46.2 Å². The van der Waals surface area contributed by atoms with Crippen molar-refractivity contribution in [2.45, 2.75) is 32.1 Å². The van der Waals surface area contributed by atoms with E-state index in [9.17, 15) is 0 Å². The smallest absolute Gasteiger partial charge is 0.217 e. The van der Waals surface area contributed by atoms with Gasteiger partial charge in [-0.1, -0.05) is 15.9 Å². The number of aromatic nitrogens is 3. The van der Waals surface area contributed by atoms with Crippen LogP contribution < -0.4 is 19.9 Å². The fourth-order valence-corrected chi connectivity index (χ4v) is 5.17. The first-order valence-corrected chi connectivity index (χ1v) is 12.5. The number of aryl methyl sites for hydroxylation is 2. The largest absolute Gasteiger partial charge is 0.481 e. The SMILES string of the molecule is COc1cc([C@H](CCN)C(c2cc(C)cnc2OC)c2cc3cc(Br)ccc3nc2OC)cc(C)n1. The van der Waals surface area contributed by atoms with Crippen molar-refractivity contribution < 1.29 is 14.2 Å². The molecule has 2 N–H and O–H groups in total. The molecule has 3 aromatic heterocycles. The Morgan fingerprint density at radius 3 is 2.33 bits per heavy atom.